The Kier molecular flexibility index (Phi) is 8.03. The molecule has 3 nitrogen and oxygen atoms in total. The summed E-state index contributed by atoms with van der Waals surface area (Å²) in [6.45, 7) is 3.32. The third-order valence-corrected chi connectivity index (χ3v) is 0.337. The molecule has 8 heavy (non-hydrogen) atoms. The van der Waals surface area contributed by atoms with Crippen LogP contribution in [0.3, 0.4) is 0 Å². The molecule has 0 saturated carbocycles. The van der Waals surface area contributed by atoms with Crippen LogP contribution in [0.4, 0.5) is 4.79 Å². The van der Waals surface area contributed by atoms with Gasteiger partial charge in [-0.15, -0.1) is 0 Å². The van der Waals surface area contributed by atoms with Gasteiger partial charge < -0.3 is 9.84 Å². The summed E-state index contributed by atoms with van der Waals surface area (Å²) in [5, 5.41) is 7.86. The molecule has 0 saturated heterocycles. The zero-order valence-electron chi connectivity index (χ0n) is 4.34. The summed E-state index contributed by atoms with van der Waals surface area (Å²) in [4.78, 5) is 9.59. The predicted octanol–water partition coefficient (Wildman–Crippen LogP) is 0.173. The summed E-state index contributed by atoms with van der Waals surface area (Å²) in [5.74, 6) is 0. The van der Waals surface area contributed by atoms with Crippen molar-refractivity contribution >= 4 is 43.9 Å². The van der Waals surface area contributed by atoms with E-state index in [-0.39, 0.29) is 43.8 Å². The monoisotopic (exact) mass is 146 g/mol. The molecule has 0 radical (unpaired) electrons. The Balaban J connectivity index is 0. The van der Waals surface area contributed by atoms with E-state index in [2.05, 4.69) is 4.74 Å². The Morgan fingerprint density at radius 2 is 2.00 bits per heavy atom. The van der Waals surface area contributed by atoms with Crippen molar-refractivity contribution in [1.82, 2.24) is 0 Å². The summed E-state index contributed by atoms with van der Waals surface area (Å²) < 4.78 is 4.17. The van der Waals surface area contributed by atoms with E-state index in [1.165, 1.54) is 0 Å². The molecule has 0 aliphatic heterocycles. The summed E-state index contributed by atoms with van der Waals surface area (Å²) in [7, 11) is 0. The van der Waals surface area contributed by atoms with Crippen LogP contribution in [0.25, 0.3) is 0 Å². The molecular weight excluding hydrogens is 136 g/mol. The molecule has 1 N–H and O–H groups in total. The molecule has 0 aromatic heterocycles. The van der Waals surface area contributed by atoms with Crippen molar-refractivity contribution < 1.29 is 14.6 Å². The van der Waals surface area contributed by atoms with E-state index in [4.69, 9.17) is 5.11 Å². The van der Waals surface area contributed by atoms with Gasteiger partial charge >= 0.3 is 43.9 Å². The average molecular weight is 146 g/mol. The Hall–Kier alpha value is 0.530. The second-order valence-electron chi connectivity index (χ2n) is 1.43. The van der Waals surface area contributed by atoms with Gasteiger partial charge in [0.2, 0.25) is 0 Å². The normalized spacial score (nSPS) is 7.88. The Morgan fingerprint density at radius 1 is 1.62 bits per heavy atom. The molecular formula is C4H10CaO3. The first-order valence-electron chi connectivity index (χ1n) is 2.02. The second kappa shape index (κ2) is 5.66. The molecule has 0 aliphatic carbocycles. The molecule has 0 unspecified atom stereocenters. The molecule has 0 heterocycles. The first-order chi connectivity index (χ1) is 3.13. The van der Waals surface area contributed by atoms with Crippen molar-refractivity contribution in [3.8, 4) is 0 Å². The van der Waals surface area contributed by atoms with Crippen molar-refractivity contribution in [1.29, 1.82) is 0 Å². The predicted molar refractivity (Wildman–Crippen MR) is 32.8 cm³/mol. The van der Waals surface area contributed by atoms with Gasteiger partial charge in [-0.3, -0.25) is 0 Å². The van der Waals surface area contributed by atoms with E-state index in [1.54, 1.807) is 13.8 Å². The van der Waals surface area contributed by atoms with Gasteiger partial charge in [-0.25, -0.2) is 4.79 Å². The number of rotatable bonds is 1. The van der Waals surface area contributed by atoms with Gasteiger partial charge in [-0.2, -0.15) is 0 Å². The Labute approximate surface area is 78.0 Å². The maximum absolute atomic E-state index is 9.59. The van der Waals surface area contributed by atoms with E-state index < -0.39 is 6.16 Å². The van der Waals surface area contributed by atoms with Crippen LogP contribution in [0, 0.1) is 0 Å². The first kappa shape index (κ1) is 11.3. The van der Waals surface area contributed by atoms with Gasteiger partial charge in [0, 0.05) is 0 Å². The van der Waals surface area contributed by atoms with Gasteiger partial charge in [0.25, 0.3) is 0 Å². The summed E-state index contributed by atoms with van der Waals surface area (Å²) in [6.07, 6.45) is -1.44. The van der Waals surface area contributed by atoms with E-state index >= 15 is 0 Å². The van der Waals surface area contributed by atoms with Crippen LogP contribution in [0.1, 0.15) is 13.8 Å². The van der Waals surface area contributed by atoms with E-state index in [1.807, 2.05) is 0 Å². The van der Waals surface area contributed by atoms with Crippen LogP contribution >= 0.6 is 0 Å². The molecule has 0 atom stereocenters. The topological polar surface area (TPSA) is 46.5 Å². The van der Waals surface area contributed by atoms with Crippen LogP contribution in [0.15, 0.2) is 0 Å². The molecule has 0 bridgehead atoms. The molecule has 0 spiro atoms. The zero-order chi connectivity index (χ0) is 5.86. The Morgan fingerprint density at radius 3 is 2.00 bits per heavy atom. The van der Waals surface area contributed by atoms with Crippen molar-refractivity contribution in [3.63, 3.8) is 0 Å². The third kappa shape index (κ3) is 9.73. The van der Waals surface area contributed by atoms with Crippen molar-refractivity contribution in [3.05, 3.63) is 0 Å². The SMILES string of the molecule is CC(C)OC(=O)O.[CaH2]. The van der Waals surface area contributed by atoms with Crippen molar-refractivity contribution in [2.24, 2.45) is 0 Å². The van der Waals surface area contributed by atoms with Crippen LogP contribution in [0.2, 0.25) is 0 Å². The fourth-order valence-electron chi connectivity index (χ4n) is 0.202. The second-order valence-corrected chi connectivity index (χ2v) is 1.43. The molecule has 0 rings (SSSR count). The van der Waals surface area contributed by atoms with Crippen LogP contribution in [-0.2, 0) is 4.74 Å². The van der Waals surface area contributed by atoms with E-state index in [0.717, 1.165) is 0 Å². The molecule has 0 aromatic carbocycles. The fourth-order valence-corrected chi connectivity index (χ4v) is 0.202. The summed E-state index contributed by atoms with van der Waals surface area (Å²) >= 11 is 0. The Bertz CT molecular complexity index is 71.7. The third-order valence-electron chi connectivity index (χ3n) is 0.337. The number of ether oxygens (including phenoxy) is 1. The van der Waals surface area contributed by atoms with Crippen LogP contribution < -0.4 is 0 Å². The van der Waals surface area contributed by atoms with Gasteiger partial charge in [-0.05, 0) is 13.8 Å². The summed E-state index contributed by atoms with van der Waals surface area (Å²) in [6, 6.07) is 0. The molecule has 0 amide bonds. The van der Waals surface area contributed by atoms with Crippen molar-refractivity contribution in [2.45, 2.75) is 20.0 Å². The van der Waals surface area contributed by atoms with Gasteiger partial charge in [0.05, 0.1) is 6.10 Å². The average Bonchev–Trinajstić information content (AvgIpc) is 1.27. The number of hydrogen-bond donors (Lipinski definition) is 1. The number of hydrogen-bond acceptors (Lipinski definition) is 2. The minimum absolute atomic E-state index is 0. The maximum atomic E-state index is 9.59. The van der Waals surface area contributed by atoms with E-state index in [0.29, 0.717) is 0 Å². The number of carbonyl (C=O) groups is 1. The standard InChI is InChI=1S/C4H8O3.Ca.2H/c1-3(2)7-4(5)6;;;/h3H,1-2H3,(H,5,6);;;. The molecule has 0 aromatic rings. The molecule has 4 heteroatoms. The van der Waals surface area contributed by atoms with Crippen molar-refractivity contribution in [2.75, 3.05) is 0 Å². The summed E-state index contributed by atoms with van der Waals surface area (Å²) in [5.41, 5.74) is 0. The molecule has 0 aliphatic rings. The zero-order valence-corrected chi connectivity index (χ0v) is 4.34. The quantitative estimate of drug-likeness (QED) is 0.424. The minimum atomic E-state index is -1.21. The first-order valence-corrected chi connectivity index (χ1v) is 2.02. The number of carboxylic acid groups (broad SMARTS) is 1. The van der Waals surface area contributed by atoms with Crippen LogP contribution in [-0.4, -0.2) is 55.1 Å². The fraction of sp³-hybridized carbons (Fsp3) is 0.750. The van der Waals surface area contributed by atoms with Gasteiger partial charge in [0.1, 0.15) is 0 Å². The van der Waals surface area contributed by atoms with Crippen LogP contribution in [0.5, 0.6) is 0 Å². The van der Waals surface area contributed by atoms with E-state index in [9.17, 15) is 4.79 Å². The molecule has 46 valence electrons. The van der Waals surface area contributed by atoms with Gasteiger partial charge in [-0.1, -0.05) is 0 Å². The van der Waals surface area contributed by atoms with Gasteiger partial charge in [0.15, 0.2) is 0 Å². The molecule has 0 fully saturated rings.